The Balaban J connectivity index is 2.81. The molecule has 0 heterocycles. The maximum absolute atomic E-state index is 12.3. The van der Waals surface area contributed by atoms with E-state index in [0.29, 0.717) is 0 Å². The van der Waals surface area contributed by atoms with Gasteiger partial charge in [-0.15, -0.1) is 0 Å². The van der Waals surface area contributed by atoms with Crippen LogP contribution >= 0.6 is 0 Å². The third kappa shape index (κ3) is 8.08. The highest BCUT2D eigenvalue weighted by molar-refractivity contribution is 6.03. The van der Waals surface area contributed by atoms with Gasteiger partial charge in [-0.05, 0) is 18.2 Å². The first-order valence-electron chi connectivity index (χ1n) is 8.10. The average Bonchev–Trinajstić information content (AvgIpc) is 2.73. The number of carbonyl (C=O) groups is 5. The highest BCUT2D eigenvalue weighted by atomic mass is 16.6. The first kappa shape index (κ1) is 23.1. The normalized spacial score (nSPS) is 9.52. The van der Waals surface area contributed by atoms with Crippen LogP contribution in [0.15, 0.2) is 43.5 Å². The molecule has 0 aliphatic carbocycles. The van der Waals surface area contributed by atoms with Gasteiger partial charge in [0.25, 0.3) is 6.47 Å². The summed E-state index contributed by atoms with van der Waals surface area (Å²) in [6.07, 6.45) is 1.90. The number of ether oxygens (including phenoxy) is 5. The highest BCUT2D eigenvalue weighted by Crippen LogP contribution is 2.20. The summed E-state index contributed by atoms with van der Waals surface area (Å²) in [4.78, 5) is 56.9. The number of hydrogen-bond acceptors (Lipinski definition) is 10. The van der Waals surface area contributed by atoms with Crippen molar-refractivity contribution < 1.29 is 47.7 Å². The van der Waals surface area contributed by atoms with Gasteiger partial charge in [-0.1, -0.05) is 13.2 Å². The summed E-state index contributed by atoms with van der Waals surface area (Å²) in [6.45, 7) is 5.59. The molecule has 0 aliphatic rings. The van der Waals surface area contributed by atoms with Gasteiger partial charge < -0.3 is 23.7 Å². The smallest absolute Gasteiger partial charge is 0.339 e. The van der Waals surface area contributed by atoms with Crippen LogP contribution in [0.3, 0.4) is 0 Å². The molecule has 0 amide bonds. The summed E-state index contributed by atoms with van der Waals surface area (Å²) in [5.74, 6) is -3.23. The molecule has 0 unspecified atom stereocenters. The molecule has 154 valence electrons. The molecule has 0 aromatic heterocycles. The number of carbonyl (C=O) groups excluding carboxylic acids is 5. The fourth-order valence-corrected chi connectivity index (χ4v) is 1.83. The molecule has 0 saturated heterocycles. The molecule has 0 aliphatic heterocycles. The summed E-state index contributed by atoms with van der Waals surface area (Å²) < 4.78 is 23.9. The van der Waals surface area contributed by atoms with Crippen LogP contribution in [0.4, 0.5) is 0 Å². The van der Waals surface area contributed by atoms with Crippen LogP contribution < -0.4 is 4.74 Å². The van der Waals surface area contributed by atoms with E-state index < -0.39 is 23.9 Å². The minimum absolute atomic E-state index is 0.0125. The molecule has 10 nitrogen and oxygen atoms in total. The lowest BCUT2D eigenvalue weighted by Crippen LogP contribution is -2.18. The van der Waals surface area contributed by atoms with Crippen molar-refractivity contribution in [3.63, 3.8) is 0 Å². The van der Waals surface area contributed by atoms with Crippen molar-refractivity contribution in [1.29, 1.82) is 0 Å². The zero-order chi connectivity index (χ0) is 21.6. The Morgan fingerprint density at radius 2 is 1.24 bits per heavy atom. The second kappa shape index (κ2) is 12.4. The number of benzene rings is 1. The summed E-state index contributed by atoms with van der Waals surface area (Å²) in [5.41, 5.74) is -0.418. The van der Waals surface area contributed by atoms with Crippen LogP contribution in [0.1, 0.15) is 20.7 Å². The van der Waals surface area contributed by atoms with E-state index in [2.05, 4.69) is 27.4 Å². The van der Waals surface area contributed by atoms with Crippen molar-refractivity contribution in [2.24, 2.45) is 0 Å². The van der Waals surface area contributed by atoms with Gasteiger partial charge >= 0.3 is 23.9 Å². The van der Waals surface area contributed by atoms with Gasteiger partial charge in [0.15, 0.2) is 0 Å². The van der Waals surface area contributed by atoms with Crippen molar-refractivity contribution >= 4 is 30.3 Å². The second-order valence-corrected chi connectivity index (χ2v) is 4.94. The molecule has 0 spiro atoms. The lowest BCUT2D eigenvalue weighted by Gasteiger charge is -2.11. The van der Waals surface area contributed by atoms with Crippen molar-refractivity contribution in [2.45, 2.75) is 0 Å². The molecular weight excluding hydrogens is 388 g/mol. The molecule has 0 bridgehead atoms. The second-order valence-electron chi connectivity index (χ2n) is 4.94. The van der Waals surface area contributed by atoms with E-state index >= 15 is 0 Å². The molecule has 0 atom stereocenters. The molecule has 0 N–H and O–H groups in total. The molecule has 0 fully saturated rings. The Morgan fingerprint density at radius 1 is 0.759 bits per heavy atom. The minimum atomic E-state index is -0.943. The zero-order valence-corrected chi connectivity index (χ0v) is 15.3. The number of hydrogen-bond donors (Lipinski definition) is 0. The van der Waals surface area contributed by atoms with E-state index in [1.165, 1.54) is 12.1 Å². The summed E-state index contributed by atoms with van der Waals surface area (Å²) in [5, 5.41) is 0. The van der Waals surface area contributed by atoms with Crippen molar-refractivity contribution in [3.05, 3.63) is 54.6 Å². The van der Waals surface area contributed by atoms with Gasteiger partial charge in [0.05, 0.1) is 11.1 Å². The van der Waals surface area contributed by atoms with Crippen LogP contribution in [-0.2, 0) is 33.3 Å². The van der Waals surface area contributed by atoms with E-state index in [1.54, 1.807) is 0 Å². The Morgan fingerprint density at radius 3 is 1.72 bits per heavy atom. The van der Waals surface area contributed by atoms with Gasteiger partial charge in [-0.2, -0.15) is 0 Å². The summed E-state index contributed by atoms with van der Waals surface area (Å²) in [7, 11) is 0. The Hall–Kier alpha value is -3.95. The van der Waals surface area contributed by atoms with Crippen molar-refractivity contribution in [2.75, 3.05) is 26.4 Å². The predicted octanol–water partition coefficient (Wildman–Crippen LogP) is 0.994. The van der Waals surface area contributed by atoms with Crippen LogP contribution in [0, 0.1) is 0 Å². The van der Waals surface area contributed by atoms with E-state index in [0.717, 1.165) is 18.2 Å². The first-order valence-corrected chi connectivity index (χ1v) is 8.10. The van der Waals surface area contributed by atoms with Gasteiger partial charge in [0, 0.05) is 12.2 Å². The Labute approximate surface area is 165 Å². The highest BCUT2D eigenvalue weighted by Gasteiger charge is 2.21. The maximum atomic E-state index is 12.3. The van der Waals surface area contributed by atoms with Crippen LogP contribution in [0.5, 0.6) is 5.75 Å². The molecule has 29 heavy (non-hydrogen) atoms. The van der Waals surface area contributed by atoms with E-state index in [9.17, 15) is 24.0 Å². The Bertz CT molecular complexity index is 796. The molecule has 1 rings (SSSR count). The quantitative estimate of drug-likeness (QED) is 0.163. The van der Waals surface area contributed by atoms with E-state index in [1.807, 2.05) is 0 Å². The topological polar surface area (TPSA) is 132 Å². The van der Waals surface area contributed by atoms with Gasteiger partial charge in [0.1, 0.15) is 32.2 Å². The van der Waals surface area contributed by atoms with Gasteiger partial charge in [0.2, 0.25) is 0 Å². The average molecular weight is 406 g/mol. The maximum Gasteiger partial charge on any atom is 0.339 e. The lowest BCUT2D eigenvalue weighted by molar-refractivity contribution is -0.139. The van der Waals surface area contributed by atoms with Crippen molar-refractivity contribution in [1.82, 2.24) is 0 Å². The Kier molecular flexibility index (Phi) is 9.90. The number of rotatable bonds is 12. The van der Waals surface area contributed by atoms with Crippen LogP contribution in [0.25, 0.3) is 0 Å². The third-order valence-electron chi connectivity index (χ3n) is 3.07. The molecular formula is C19H18O10. The van der Waals surface area contributed by atoms with Crippen LogP contribution in [-0.4, -0.2) is 56.8 Å². The summed E-state index contributed by atoms with van der Waals surface area (Å²) >= 11 is 0. The fourth-order valence-electron chi connectivity index (χ4n) is 1.83. The zero-order valence-electron chi connectivity index (χ0n) is 15.3. The van der Waals surface area contributed by atoms with Gasteiger partial charge in [-0.3, -0.25) is 4.79 Å². The third-order valence-corrected chi connectivity index (χ3v) is 3.07. The summed E-state index contributed by atoms with van der Waals surface area (Å²) in [6, 6.07) is 3.58. The number of esters is 4. The SMILES string of the molecule is C=CC(=O)OCCOC(=O)c1ccc(OC=O)cc1C(=O)OCCOC(=O)C=C. The molecule has 1 aromatic carbocycles. The largest absolute Gasteiger partial charge is 0.459 e. The molecule has 1 aromatic rings. The fraction of sp³-hybridized carbons (Fsp3) is 0.211. The van der Waals surface area contributed by atoms with E-state index in [-0.39, 0.29) is 49.8 Å². The first-order chi connectivity index (χ1) is 13.9. The lowest BCUT2D eigenvalue weighted by atomic mass is 10.1. The van der Waals surface area contributed by atoms with Crippen molar-refractivity contribution in [3.8, 4) is 5.75 Å². The van der Waals surface area contributed by atoms with E-state index in [4.69, 9.17) is 9.47 Å². The molecule has 0 saturated carbocycles. The molecule has 0 radical (unpaired) electrons. The minimum Gasteiger partial charge on any atom is -0.459 e. The van der Waals surface area contributed by atoms with Gasteiger partial charge in [-0.25, -0.2) is 19.2 Å². The standard InChI is InChI=1S/C19H18O10/c1-3-16(21)25-7-9-27-18(23)14-6-5-13(29-12-20)11-15(14)19(24)28-10-8-26-17(22)4-2/h3-6,11-12H,1-2,7-10H2. The predicted molar refractivity (Wildman–Crippen MR) is 96.0 cm³/mol. The van der Waals surface area contributed by atoms with Crippen LogP contribution in [0.2, 0.25) is 0 Å². The molecule has 10 heteroatoms. The monoisotopic (exact) mass is 406 g/mol.